The fraction of sp³-hybridized carbons (Fsp3) is 0.500. The second kappa shape index (κ2) is 7.65. The smallest absolute Gasteiger partial charge is 0.265 e. The van der Waals surface area contributed by atoms with Crippen LogP contribution in [0, 0.1) is 0 Å². The zero-order valence-corrected chi connectivity index (χ0v) is 14.2. The predicted octanol–water partition coefficient (Wildman–Crippen LogP) is 1.30. The van der Waals surface area contributed by atoms with Crippen molar-refractivity contribution in [2.75, 3.05) is 31.2 Å². The van der Waals surface area contributed by atoms with Crippen molar-refractivity contribution < 1.29 is 23.9 Å². The fourth-order valence-corrected chi connectivity index (χ4v) is 3.00. The summed E-state index contributed by atoms with van der Waals surface area (Å²) in [7, 11) is 0. The maximum atomic E-state index is 12.2. The van der Waals surface area contributed by atoms with Gasteiger partial charge in [-0.25, -0.2) is 0 Å². The van der Waals surface area contributed by atoms with E-state index in [-0.39, 0.29) is 43.3 Å². The average molecular weight is 346 g/mol. The zero-order valence-electron chi connectivity index (χ0n) is 14.2. The van der Waals surface area contributed by atoms with Crippen LogP contribution in [-0.4, -0.2) is 50.0 Å². The molecule has 2 aliphatic rings. The molecular formula is C18H22N2O5. The molecule has 2 heterocycles. The van der Waals surface area contributed by atoms with Gasteiger partial charge in [-0.3, -0.25) is 14.4 Å². The molecule has 1 saturated heterocycles. The molecule has 1 atom stereocenters. The summed E-state index contributed by atoms with van der Waals surface area (Å²) < 4.78 is 10.9. The third-order valence-electron chi connectivity index (χ3n) is 4.42. The van der Waals surface area contributed by atoms with Gasteiger partial charge in [-0.15, -0.1) is 0 Å². The first-order chi connectivity index (χ1) is 12.0. The second-order valence-corrected chi connectivity index (χ2v) is 6.26. The lowest BCUT2D eigenvalue weighted by atomic mass is 10.1. The van der Waals surface area contributed by atoms with Gasteiger partial charge in [0.2, 0.25) is 5.91 Å². The van der Waals surface area contributed by atoms with E-state index < -0.39 is 0 Å². The third-order valence-corrected chi connectivity index (χ3v) is 4.42. The Kier molecular flexibility index (Phi) is 5.33. The standard InChI is InChI=1S/C18H22N2O5/c1-12(21)13-4-5-16-15(9-13)20(18(23)11-25-16)7-6-17(22)19-10-14-3-2-8-24-14/h4-5,9,14H,2-3,6-8,10-11H2,1H3,(H,19,22). The molecule has 0 bridgehead atoms. The van der Waals surface area contributed by atoms with Gasteiger partial charge in [0.25, 0.3) is 5.91 Å². The van der Waals surface area contributed by atoms with Gasteiger partial charge in [0, 0.05) is 31.7 Å². The quantitative estimate of drug-likeness (QED) is 0.785. The van der Waals surface area contributed by atoms with E-state index in [4.69, 9.17) is 9.47 Å². The fourth-order valence-electron chi connectivity index (χ4n) is 3.00. The van der Waals surface area contributed by atoms with Crippen LogP contribution in [0.5, 0.6) is 5.75 Å². The average Bonchev–Trinajstić information content (AvgIpc) is 3.12. The molecule has 3 rings (SSSR count). The number of ether oxygens (including phenoxy) is 2. The SMILES string of the molecule is CC(=O)c1ccc2c(c1)N(CCC(=O)NCC1CCCO1)C(=O)CO2. The Balaban J connectivity index is 1.61. The summed E-state index contributed by atoms with van der Waals surface area (Å²) in [4.78, 5) is 37.3. The molecular weight excluding hydrogens is 324 g/mol. The van der Waals surface area contributed by atoms with Crippen molar-refractivity contribution in [3.05, 3.63) is 23.8 Å². The number of benzene rings is 1. The van der Waals surface area contributed by atoms with Crippen molar-refractivity contribution in [3.8, 4) is 5.75 Å². The molecule has 0 spiro atoms. The molecule has 0 aromatic heterocycles. The van der Waals surface area contributed by atoms with E-state index in [1.807, 2.05) is 0 Å². The summed E-state index contributed by atoms with van der Waals surface area (Å²) in [5, 5.41) is 2.85. The van der Waals surface area contributed by atoms with Crippen LogP contribution in [0.3, 0.4) is 0 Å². The molecule has 1 aromatic rings. The topological polar surface area (TPSA) is 84.9 Å². The third kappa shape index (κ3) is 4.17. The summed E-state index contributed by atoms with van der Waals surface area (Å²) in [6.07, 6.45) is 2.26. The van der Waals surface area contributed by atoms with Crippen LogP contribution in [0.25, 0.3) is 0 Å². The minimum atomic E-state index is -0.222. The molecule has 2 aliphatic heterocycles. The van der Waals surface area contributed by atoms with Crippen molar-refractivity contribution in [2.24, 2.45) is 0 Å². The first kappa shape index (κ1) is 17.4. The Morgan fingerprint density at radius 1 is 1.36 bits per heavy atom. The van der Waals surface area contributed by atoms with E-state index in [1.54, 1.807) is 18.2 Å². The number of ketones is 1. The highest BCUT2D eigenvalue weighted by Crippen LogP contribution is 2.33. The lowest BCUT2D eigenvalue weighted by molar-refractivity contribution is -0.122. The van der Waals surface area contributed by atoms with Crippen LogP contribution in [0.1, 0.15) is 36.5 Å². The summed E-state index contributed by atoms with van der Waals surface area (Å²) in [6, 6.07) is 4.99. The molecule has 0 radical (unpaired) electrons. The zero-order chi connectivity index (χ0) is 17.8. The van der Waals surface area contributed by atoms with Crippen molar-refractivity contribution in [1.82, 2.24) is 5.32 Å². The van der Waals surface area contributed by atoms with Crippen molar-refractivity contribution >= 4 is 23.3 Å². The molecule has 1 N–H and O–H groups in total. The Morgan fingerprint density at radius 3 is 2.92 bits per heavy atom. The van der Waals surface area contributed by atoms with E-state index >= 15 is 0 Å². The monoisotopic (exact) mass is 346 g/mol. The predicted molar refractivity (Wildman–Crippen MR) is 90.9 cm³/mol. The van der Waals surface area contributed by atoms with Crippen LogP contribution in [0.2, 0.25) is 0 Å². The highest BCUT2D eigenvalue weighted by atomic mass is 16.5. The first-order valence-electron chi connectivity index (χ1n) is 8.51. The summed E-state index contributed by atoms with van der Waals surface area (Å²) in [5.74, 6) is 0.110. The number of fused-ring (bicyclic) bond motifs is 1. The molecule has 7 heteroatoms. The number of Topliss-reactive ketones (excluding diaryl/α,β-unsaturated/α-hetero) is 1. The first-order valence-corrected chi connectivity index (χ1v) is 8.51. The molecule has 7 nitrogen and oxygen atoms in total. The minimum absolute atomic E-state index is 0.0655. The number of amides is 2. The highest BCUT2D eigenvalue weighted by molar-refractivity contribution is 6.01. The number of rotatable bonds is 6. The maximum absolute atomic E-state index is 12.2. The van der Waals surface area contributed by atoms with Gasteiger partial charge in [0.05, 0.1) is 11.8 Å². The van der Waals surface area contributed by atoms with Gasteiger partial charge in [-0.1, -0.05) is 0 Å². The van der Waals surface area contributed by atoms with Gasteiger partial charge in [0.1, 0.15) is 5.75 Å². The molecule has 1 aromatic carbocycles. The largest absolute Gasteiger partial charge is 0.482 e. The minimum Gasteiger partial charge on any atom is -0.482 e. The van der Waals surface area contributed by atoms with E-state index in [2.05, 4.69) is 5.32 Å². The van der Waals surface area contributed by atoms with Crippen LogP contribution >= 0.6 is 0 Å². The Labute approximate surface area is 146 Å². The molecule has 1 fully saturated rings. The molecule has 134 valence electrons. The lowest BCUT2D eigenvalue weighted by Crippen LogP contribution is -2.41. The van der Waals surface area contributed by atoms with Crippen molar-refractivity contribution in [1.29, 1.82) is 0 Å². The lowest BCUT2D eigenvalue weighted by Gasteiger charge is -2.29. The van der Waals surface area contributed by atoms with Crippen LogP contribution < -0.4 is 15.0 Å². The van der Waals surface area contributed by atoms with Crippen LogP contribution in [0.15, 0.2) is 18.2 Å². The normalized spacial score (nSPS) is 19.3. The van der Waals surface area contributed by atoms with Gasteiger partial charge < -0.3 is 19.7 Å². The van der Waals surface area contributed by atoms with Crippen LogP contribution in [-0.2, 0) is 14.3 Å². The van der Waals surface area contributed by atoms with E-state index in [9.17, 15) is 14.4 Å². The number of hydrogen-bond donors (Lipinski definition) is 1. The highest BCUT2D eigenvalue weighted by Gasteiger charge is 2.26. The number of carbonyl (C=O) groups is 3. The number of hydrogen-bond acceptors (Lipinski definition) is 5. The Bertz CT molecular complexity index is 682. The number of nitrogens with zero attached hydrogens (tertiary/aromatic N) is 1. The molecule has 2 amide bonds. The summed E-state index contributed by atoms with van der Waals surface area (Å²) in [5.41, 5.74) is 1.04. The molecule has 25 heavy (non-hydrogen) atoms. The molecule has 1 unspecified atom stereocenters. The van der Waals surface area contributed by atoms with Gasteiger partial charge in [-0.05, 0) is 38.0 Å². The van der Waals surface area contributed by atoms with Crippen LogP contribution in [0.4, 0.5) is 5.69 Å². The van der Waals surface area contributed by atoms with E-state index in [1.165, 1.54) is 11.8 Å². The van der Waals surface area contributed by atoms with Gasteiger partial charge in [0.15, 0.2) is 12.4 Å². The van der Waals surface area contributed by atoms with Crippen molar-refractivity contribution in [3.63, 3.8) is 0 Å². The Hall–Kier alpha value is -2.41. The Morgan fingerprint density at radius 2 is 2.20 bits per heavy atom. The molecule has 0 aliphatic carbocycles. The number of anilines is 1. The maximum Gasteiger partial charge on any atom is 0.265 e. The number of carbonyl (C=O) groups excluding carboxylic acids is 3. The second-order valence-electron chi connectivity index (χ2n) is 6.26. The van der Waals surface area contributed by atoms with Gasteiger partial charge in [-0.2, -0.15) is 0 Å². The summed E-state index contributed by atoms with van der Waals surface area (Å²) in [6.45, 7) is 2.90. The van der Waals surface area contributed by atoms with E-state index in [0.717, 1.165) is 19.4 Å². The number of nitrogens with one attached hydrogen (secondary N) is 1. The van der Waals surface area contributed by atoms with E-state index in [0.29, 0.717) is 23.5 Å². The van der Waals surface area contributed by atoms with Gasteiger partial charge >= 0.3 is 0 Å². The van der Waals surface area contributed by atoms with Crippen molar-refractivity contribution in [2.45, 2.75) is 32.3 Å². The summed E-state index contributed by atoms with van der Waals surface area (Å²) >= 11 is 0. The molecule has 0 saturated carbocycles.